The van der Waals surface area contributed by atoms with E-state index in [2.05, 4.69) is 4.90 Å². The minimum absolute atomic E-state index is 0.0108. The number of carbonyl (C=O) groups is 1. The van der Waals surface area contributed by atoms with Gasteiger partial charge in [0.05, 0.1) is 12.6 Å². The highest BCUT2D eigenvalue weighted by Gasteiger charge is 2.27. The second-order valence-electron chi connectivity index (χ2n) is 5.11. The number of hydrogen-bond acceptors (Lipinski definition) is 4. The van der Waals surface area contributed by atoms with Crippen molar-refractivity contribution in [1.82, 2.24) is 4.90 Å². The first-order chi connectivity index (χ1) is 9.13. The van der Waals surface area contributed by atoms with Crippen LogP contribution < -0.4 is 0 Å². The molecule has 1 aromatic rings. The van der Waals surface area contributed by atoms with E-state index in [4.69, 9.17) is 9.52 Å². The quantitative estimate of drug-likeness (QED) is 0.875. The fourth-order valence-electron chi connectivity index (χ4n) is 2.76. The average Bonchev–Trinajstić information content (AvgIpc) is 2.77. The van der Waals surface area contributed by atoms with E-state index in [1.54, 1.807) is 6.07 Å². The van der Waals surface area contributed by atoms with Gasteiger partial charge in [-0.05, 0) is 38.4 Å². The highest BCUT2D eigenvalue weighted by atomic mass is 16.4. The van der Waals surface area contributed by atoms with Gasteiger partial charge in [-0.2, -0.15) is 0 Å². The first kappa shape index (κ1) is 14.1. The third kappa shape index (κ3) is 3.16. The molecular weight excluding hydrogens is 246 g/mol. The molecule has 1 fully saturated rings. The van der Waals surface area contributed by atoms with Crippen LogP contribution in [-0.2, 0) is 0 Å². The van der Waals surface area contributed by atoms with Gasteiger partial charge in [0, 0.05) is 6.04 Å². The van der Waals surface area contributed by atoms with Gasteiger partial charge in [0.1, 0.15) is 5.76 Å². The average molecular weight is 267 g/mol. The lowest BCUT2D eigenvalue weighted by atomic mass is 10.1. The Kier molecular flexibility index (Phi) is 4.61. The Morgan fingerprint density at radius 3 is 2.89 bits per heavy atom. The zero-order valence-corrected chi connectivity index (χ0v) is 11.2. The molecule has 0 radical (unpaired) electrons. The molecule has 0 spiro atoms. The molecule has 0 saturated carbocycles. The summed E-state index contributed by atoms with van der Waals surface area (Å²) in [5.41, 5.74) is 0. The standard InChI is InChI=1S/C14H21NO4/c1-10(12-6-7-13(19-12)14(17)18)15-8-4-2-3-5-11(15)9-16/h6-7,10-11,16H,2-5,8-9H2,1H3,(H,17,18). The molecule has 0 aromatic carbocycles. The SMILES string of the molecule is CC(c1ccc(C(=O)O)o1)N1CCCCCC1CO. The second-order valence-corrected chi connectivity index (χ2v) is 5.11. The number of aliphatic hydroxyl groups excluding tert-OH is 1. The van der Waals surface area contributed by atoms with Crippen LogP contribution >= 0.6 is 0 Å². The van der Waals surface area contributed by atoms with Crippen LogP contribution in [0, 0.1) is 0 Å². The second kappa shape index (κ2) is 6.21. The Labute approximate surface area is 112 Å². The minimum Gasteiger partial charge on any atom is -0.475 e. The topological polar surface area (TPSA) is 73.9 Å². The molecule has 1 aliphatic heterocycles. The Morgan fingerprint density at radius 2 is 2.26 bits per heavy atom. The van der Waals surface area contributed by atoms with Crippen LogP contribution in [-0.4, -0.2) is 40.3 Å². The molecule has 1 aliphatic rings. The molecule has 2 atom stereocenters. The summed E-state index contributed by atoms with van der Waals surface area (Å²) in [6.07, 6.45) is 4.39. The molecule has 5 heteroatoms. The third-order valence-electron chi connectivity index (χ3n) is 3.88. The van der Waals surface area contributed by atoms with Gasteiger partial charge in [-0.15, -0.1) is 0 Å². The van der Waals surface area contributed by atoms with Gasteiger partial charge in [-0.1, -0.05) is 12.8 Å². The third-order valence-corrected chi connectivity index (χ3v) is 3.88. The Hall–Kier alpha value is -1.33. The van der Waals surface area contributed by atoms with Crippen molar-refractivity contribution in [2.75, 3.05) is 13.2 Å². The summed E-state index contributed by atoms with van der Waals surface area (Å²) >= 11 is 0. The summed E-state index contributed by atoms with van der Waals surface area (Å²) < 4.78 is 5.37. The van der Waals surface area contributed by atoms with E-state index >= 15 is 0 Å². The number of aliphatic hydroxyl groups is 1. The van der Waals surface area contributed by atoms with Crippen molar-refractivity contribution in [3.63, 3.8) is 0 Å². The van der Waals surface area contributed by atoms with Gasteiger partial charge in [0.2, 0.25) is 5.76 Å². The molecule has 1 aromatic heterocycles. The number of carboxylic acids is 1. The molecule has 0 aliphatic carbocycles. The van der Waals surface area contributed by atoms with Gasteiger partial charge in [-0.3, -0.25) is 4.90 Å². The molecule has 2 unspecified atom stereocenters. The van der Waals surface area contributed by atoms with E-state index in [0.29, 0.717) is 5.76 Å². The molecule has 106 valence electrons. The Balaban J connectivity index is 2.15. The zero-order valence-electron chi connectivity index (χ0n) is 11.2. The molecule has 0 amide bonds. The summed E-state index contributed by atoms with van der Waals surface area (Å²) in [7, 11) is 0. The maximum Gasteiger partial charge on any atom is 0.371 e. The number of rotatable bonds is 4. The number of carboxylic acid groups (broad SMARTS) is 1. The number of hydrogen-bond donors (Lipinski definition) is 2. The molecular formula is C14H21NO4. The molecule has 2 heterocycles. The highest BCUT2D eigenvalue weighted by molar-refractivity contribution is 5.84. The Morgan fingerprint density at radius 1 is 1.47 bits per heavy atom. The number of nitrogens with zero attached hydrogens (tertiary/aromatic N) is 1. The van der Waals surface area contributed by atoms with Crippen molar-refractivity contribution in [1.29, 1.82) is 0 Å². The molecule has 19 heavy (non-hydrogen) atoms. The molecule has 5 nitrogen and oxygen atoms in total. The predicted molar refractivity (Wildman–Crippen MR) is 70.1 cm³/mol. The summed E-state index contributed by atoms with van der Waals surface area (Å²) in [6.45, 7) is 3.05. The first-order valence-electron chi connectivity index (χ1n) is 6.83. The van der Waals surface area contributed by atoms with Crippen molar-refractivity contribution in [2.24, 2.45) is 0 Å². The van der Waals surface area contributed by atoms with Crippen LogP contribution in [0.1, 0.15) is 55.0 Å². The molecule has 0 bridgehead atoms. The van der Waals surface area contributed by atoms with Crippen LogP contribution in [0.2, 0.25) is 0 Å². The van der Waals surface area contributed by atoms with Crippen LogP contribution in [0.15, 0.2) is 16.5 Å². The number of aromatic carboxylic acids is 1. The van der Waals surface area contributed by atoms with Crippen LogP contribution in [0.3, 0.4) is 0 Å². The molecule has 2 rings (SSSR count). The Bertz CT molecular complexity index is 429. The van der Waals surface area contributed by atoms with Crippen molar-refractivity contribution in [3.05, 3.63) is 23.7 Å². The van der Waals surface area contributed by atoms with Gasteiger partial charge >= 0.3 is 5.97 Å². The van der Waals surface area contributed by atoms with E-state index in [0.717, 1.165) is 25.8 Å². The van der Waals surface area contributed by atoms with E-state index in [1.807, 2.05) is 6.92 Å². The van der Waals surface area contributed by atoms with Crippen LogP contribution in [0.4, 0.5) is 0 Å². The monoisotopic (exact) mass is 267 g/mol. The highest BCUT2D eigenvalue weighted by Crippen LogP contribution is 2.28. The van der Waals surface area contributed by atoms with E-state index in [9.17, 15) is 9.90 Å². The zero-order chi connectivity index (χ0) is 13.8. The lowest BCUT2D eigenvalue weighted by molar-refractivity contribution is 0.0636. The van der Waals surface area contributed by atoms with Crippen molar-refractivity contribution in [2.45, 2.75) is 44.7 Å². The van der Waals surface area contributed by atoms with E-state index in [-0.39, 0.29) is 24.5 Å². The van der Waals surface area contributed by atoms with Gasteiger partial charge in [0.25, 0.3) is 0 Å². The largest absolute Gasteiger partial charge is 0.475 e. The van der Waals surface area contributed by atoms with Gasteiger partial charge in [-0.25, -0.2) is 4.79 Å². The minimum atomic E-state index is -1.05. The van der Waals surface area contributed by atoms with Gasteiger partial charge in [0.15, 0.2) is 0 Å². The van der Waals surface area contributed by atoms with Crippen LogP contribution in [0.5, 0.6) is 0 Å². The number of likely N-dealkylation sites (tertiary alicyclic amines) is 1. The summed E-state index contributed by atoms with van der Waals surface area (Å²) in [5, 5.41) is 18.4. The first-order valence-corrected chi connectivity index (χ1v) is 6.83. The maximum absolute atomic E-state index is 10.8. The fourth-order valence-corrected chi connectivity index (χ4v) is 2.76. The van der Waals surface area contributed by atoms with Gasteiger partial charge < -0.3 is 14.6 Å². The lowest BCUT2D eigenvalue weighted by Gasteiger charge is -2.33. The van der Waals surface area contributed by atoms with Crippen molar-refractivity contribution < 1.29 is 19.4 Å². The van der Waals surface area contributed by atoms with Crippen molar-refractivity contribution in [3.8, 4) is 0 Å². The van der Waals surface area contributed by atoms with E-state index in [1.165, 1.54) is 12.5 Å². The fraction of sp³-hybridized carbons (Fsp3) is 0.643. The lowest BCUT2D eigenvalue weighted by Crippen LogP contribution is -2.39. The van der Waals surface area contributed by atoms with Crippen molar-refractivity contribution >= 4 is 5.97 Å². The summed E-state index contributed by atoms with van der Waals surface area (Å²) in [4.78, 5) is 13.1. The molecule has 1 saturated heterocycles. The normalized spacial score (nSPS) is 22.9. The predicted octanol–water partition coefficient (Wildman–Crippen LogP) is 2.28. The smallest absolute Gasteiger partial charge is 0.371 e. The van der Waals surface area contributed by atoms with E-state index < -0.39 is 5.97 Å². The maximum atomic E-state index is 10.8. The number of furan rings is 1. The summed E-state index contributed by atoms with van der Waals surface area (Å²) in [6, 6.07) is 3.33. The van der Waals surface area contributed by atoms with Crippen LogP contribution in [0.25, 0.3) is 0 Å². The molecule has 2 N–H and O–H groups in total. The summed E-state index contributed by atoms with van der Waals surface area (Å²) in [5.74, 6) is -0.428.